The molecule has 0 aromatic heterocycles. The average molecular weight is 328 g/mol. The maximum absolute atomic E-state index is 13.0. The first-order valence-electron chi connectivity index (χ1n) is 7.52. The minimum Gasteiger partial charge on any atom is -0.390 e. The minimum atomic E-state index is -0.692. The zero-order valence-electron chi connectivity index (χ0n) is 12.1. The lowest BCUT2D eigenvalue weighted by Crippen LogP contribution is -2.38. The van der Waals surface area contributed by atoms with Crippen molar-refractivity contribution >= 4 is 17.5 Å². The molecule has 2 fully saturated rings. The van der Waals surface area contributed by atoms with Crippen molar-refractivity contribution in [3.05, 3.63) is 34.6 Å². The van der Waals surface area contributed by atoms with Gasteiger partial charge in [0, 0.05) is 18.1 Å². The summed E-state index contributed by atoms with van der Waals surface area (Å²) in [6.07, 6.45) is -0.172. The molecule has 0 spiro atoms. The maximum atomic E-state index is 13.0. The van der Waals surface area contributed by atoms with Crippen molar-refractivity contribution in [2.75, 3.05) is 13.1 Å². The molecular formula is C16H19ClFNO3. The third-order valence-electron chi connectivity index (χ3n) is 4.82. The van der Waals surface area contributed by atoms with Crippen LogP contribution < -0.4 is 0 Å². The monoisotopic (exact) mass is 327 g/mol. The highest BCUT2D eigenvalue weighted by Gasteiger charge is 2.42. The molecule has 1 aromatic rings. The fourth-order valence-electron chi connectivity index (χ4n) is 3.55. The summed E-state index contributed by atoms with van der Waals surface area (Å²) in [5, 5.41) is 19.7. The fourth-order valence-corrected chi connectivity index (χ4v) is 3.78. The third-order valence-corrected chi connectivity index (χ3v) is 5.17. The second-order valence-corrected chi connectivity index (χ2v) is 6.74. The van der Waals surface area contributed by atoms with Gasteiger partial charge in [-0.3, -0.25) is 4.79 Å². The van der Waals surface area contributed by atoms with E-state index in [1.807, 2.05) is 0 Å². The van der Waals surface area contributed by atoms with Crippen molar-refractivity contribution < 1.29 is 19.4 Å². The van der Waals surface area contributed by atoms with Gasteiger partial charge in [0.15, 0.2) is 0 Å². The van der Waals surface area contributed by atoms with Gasteiger partial charge in [-0.15, -0.1) is 0 Å². The summed E-state index contributed by atoms with van der Waals surface area (Å²) in [5.74, 6) is 0.0142. The summed E-state index contributed by atoms with van der Waals surface area (Å²) in [4.78, 5) is 14.2. The summed E-state index contributed by atoms with van der Waals surface area (Å²) < 4.78 is 13.0. The number of hydrogen-bond acceptors (Lipinski definition) is 3. The number of hydrogen-bond donors (Lipinski definition) is 2. The SMILES string of the molecule is O=C(Cc1ccc(F)cc1Cl)N1C[C@H]2C[C@H](O)[C@H](O)C[C@H]2C1. The predicted molar refractivity (Wildman–Crippen MR) is 79.9 cm³/mol. The molecule has 1 aromatic carbocycles. The van der Waals surface area contributed by atoms with Gasteiger partial charge in [-0.25, -0.2) is 4.39 Å². The number of nitrogens with zero attached hydrogens (tertiary/aromatic N) is 1. The number of rotatable bonds is 2. The van der Waals surface area contributed by atoms with Crippen LogP contribution in [-0.2, 0) is 11.2 Å². The number of benzene rings is 1. The lowest BCUT2D eigenvalue weighted by molar-refractivity contribution is -0.129. The smallest absolute Gasteiger partial charge is 0.227 e. The van der Waals surface area contributed by atoms with Crippen molar-refractivity contribution in [3.63, 3.8) is 0 Å². The second kappa shape index (κ2) is 6.14. The van der Waals surface area contributed by atoms with Gasteiger partial charge in [0.2, 0.25) is 5.91 Å². The molecule has 0 radical (unpaired) electrons. The Bertz CT molecular complexity index is 565. The van der Waals surface area contributed by atoms with E-state index in [2.05, 4.69) is 0 Å². The number of amides is 1. The van der Waals surface area contributed by atoms with E-state index in [0.29, 0.717) is 31.5 Å². The second-order valence-electron chi connectivity index (χ2n) is 6.34. The molecule has 4 atom stereocenters. The van der Waals surface area contributed by atoms with Crippen molar-refractivity contribution in [2.24, 2.45) is 11.8 Å². The highest BCUT2D eigenvalue weighted by molar-refractivity contribution is 6.31. The highest BCUT2D eigenvalue weighted by Crippen LogP contribution is 2.36. The van der Waals surface area contributed by atoms with Crippen molar-refractivity contribution in [1.29, 1.82) is 0 Å². The van der Waals surface area contributed by atoms with E-state index in [9.17, 15) is 19.4 Å². The van der Waals surface area contributed by atoms with E-state index < -0.39 is 18.0 Å². The van der Waals surface area contributed by atoms with Crippen LogP contribution in [0.15, 0.2) is 18.2 Å². The molecule has 1 heterocycles. The molecule has 120 valence electrons. The number of fused-ring (bicyclic) bond motifs is 1. The zero-order valence-corrected chi connectivity index (χ0v) is 12.8. The molecule has 1 aliphatic carbocycles. The Balaban J connectivity index is 1.64. The third kappa shape index (κ3) is 3.12. The van der Waals surface area contributed by atoms with Crippen LogP contribution in [0.25, 0.3) is 0 Å². The summed E-state index contributed by atoms with van der Waals surface area (Å²) in [7, 11) is 0. The predicted octanol–water partition coefficient (Wildman–Crippen LogP) is 1.61. The normalized spacial score (nSPS) is 31.2. The summed E-state index contributed by atoms with van der Waals surface area (Å²) >= 11 is 5.96. The number of carbonyl (C=O) groups is 1. The zero-order chi connectivity index (χ0) is 15.9. The number of aliphatic hydroxyl groups excluding tert-OH is 2. The Kier molecular flexibility index (Phi) is 4.39. The molecule has 0 bridgehead atoms. The van der Waals surface area contributed by atoms with Crippen LogP contribution >= 0.6 is 11.6 Å². The number of aliphatic hydroxyl groups is 2. The van der Waals surface area contributed by atoms with Crippen LogP contribution in [0.5, 0.6) is 0 Å². The van der Waals surface area contributed by atoms with E-state index in [4.69, 9.17) is 11.6 Å². The summed E-state index contributed by atoms with van der Waals surface area (Å²) in [6, 6.07) is 4.04. The van der Waals surface area contributed by atoms with Gasteiger partial charge < -0.3 is 15.1 Å². The lowest BCUT2D eigenvalue weighted by atomic mass is 9.79. The van der Waals surface area contributed by atoms with Crippen LogP contribution in [0.4, 0.5) is 4.39 Å². The van der Waals surface area contributed by atoms with Crippen LogP contribution in [0.2, 0.25) is 5.02 Å². The van der Waals surface area contributed by atoms with Crippen molar-refractivity contribution in [2.45, 2.75) is 31.5 Å². The van der Waals surface area contributed by atoms with Crippen LogP contribution in [0, 0.1) is 17.7 Å². The maximum Gasteiger partial charge on any atom is 0.227 e. The molecule has 2 aliphatic rings. The molecule has 3 rings (SSSR count). The largest absolute Gasteiger partial charge is 0.390 e. The molecule has 1 saturated heterocycles. The molecule has 1 aliphatic heterocycles. The van der Waals surface area contributed by atoms with E-state index >= 15 is 0 Å². The number of likely N-dealkylation sites (tertiary alicyclic amines) is 1. The lowest BCUT2D eigenvalue weighted by Gasteiger charge is -2.31. The van der Waals surface area contributed by atoms with Crippen LogP contribution in [0.3, 0.4) is 0 Å². The molecule has 0 unspecified atom stereocenters. The first kappa shape index (κ1) is 15.7. The van der Waals surface area contributed by atoms with Crippen LogP contribution in [-0.4, -0.2) is 46.3 Å². The molecule has 4 nitrogen and oxygen atoms in total. The Hall–Kier alpha value is -1.17. The molecule has 22 heavy (non-hydrogen) atoms. The minimum absolute atomic E-state index is 0.0492. The topological polar surface area (TPSA) is 60.8 Å². The Morgan fingerprint density at radius 1 is 1.23 bits per heavy atom. The van der Waals surface area contributed by atoms with Crippen LogP contribution in [0.1, 0.15) is 18.4 Å². The number of halogens is 2. The Labute approximate surface area is 133 Å². The molecular weight excluding hydrogens is 309 g/mol. The van der Waals surface area contributed by atoms with Gasteiger partial charge >= 0.3 is 0 Å². The van der Waals surface area contributed by atoms with Gasteiger partial charge in [0.25, 0.3) is 0 Å². The van der Waals surface area contributed by atoms with Gasteiger partial charge in [0.1, 0.15) is 5.82 Å². The number of carbonyl (C=O) groups excluding carboxylic acids is 1. The average Bonchev–Trinajstić information content (AvgIpc) is 2.85. The fraction of sp³-hybridized carbons (Fsp3) is 0.562. The highest BCUT2D eigenvalue weighted by atomic mass is 35.5. The van der Waals surface area contributed by atoms with E-state index in [0.717, 1.165) is 0 Å². The molecule has 6 heteroatoms. The van der Waals surface area contributed by atoms with Gasteiger partial charge in [-0.1, -0.05) is 17.7 Å². The van der Waals surface area contributed by atoms with E-state index in [1.54, 1.807) is 4.90 Å². The van der Waals surface area contributed by atoms with Gasteiger partial charge in [-0.05, 0) is 42.4 Å². The molecule has 1 amide bonds. The Morgan fingerprint density at radius 2 is 1.82 bits per heavy atom. The Morgan fingerprint density at radius 3 is 2.36 bits per heavy atom. The summed E-state index contributed by atoms with van der Waals surface area (Å²) in [5.41, 5.74) is 0.614. The summed E-state index contributed by atoms with van der Waals surface area (Å²) in [6.45, 7) is 1.21. The molecule has 1 saturated carbocycles. The first-order valence-corrected chi connectivity index (χ1v) is 7.89. The van der Waals surface area contributed by atoms with Gasteiger partial charge in [-0.2, -0.15) is 0 Å². The first-order chi connectivity index (χ1) is 10.4. The van der Waals surface area contributed by atoms with E-state index in [1.165, 1.54) is 18.2 Å². The van der Waals surface area contributed by atoms with Gasteiger partial charge in [0.05, 0.1) is 18.6 Å². The van der Waals surface area contributed by atoms with Crippen molar-refractivity contribution in [3.8, 4) is 0 Å². The standard InChI is InChI=1S/C16H19ClFNO3/c17-13-6-12(18)2-1-9(13)5-16(22)19-7-10-3-14(20)15(21)4-11(10)8-19/h1-2,6,10-11,14-15,20-21H,3-5,7-8H2/t10-,11+,14+,15-. The van der Waals surface area contributed by atoms with E-state index in [-0.39, 0.29) is 29.2 Å². The van der Waals surface area contributed by atoms with Crippen molar-refractivity contribution in [1.82, 2.24) is 4.90 Å². The molecule has 2 N–H and O–H groups in total. The quantitative estimate of drug-likeness (QED) is 0.867.